The van der Waals surface area contributed by atoms with Crippen molar-refractivity contribution in [3.05, 3.63) is 0 Å². The highest BCUT2D eigenvalue weighted by Gasteiger charge is 2.54. The van der Waals surface area contributed by atoms with E-state index in [1.165, 1.54) is 25.7 Å². The van der Waals surface area contributed by atoms with Gasteiger partial charge in [0.25, 0.3) is 0 Å². The molecule has 0 heterocycles. The van der Waals surface area contributed by atoms with Crippen LogP contribution in [0.1, 0.15) is 45.4 Å². The summed E-state index contributed by atoms with van der Waals surface area (Å²) in [7, 11) is 0. The topological polar surface area (TPSA) is 87.7 Å². The molecule has 5 nitrogen and oxygen atoms in total. The first-order chi connectivity index (χ1) is 8.10. The van der Waals surface area contributed by atoms with Gasteiger partial charge < -0.3 is 16.3 Å². The van der Waals surface area contributed by atoms with Gasteiger partial charge in [0.05, 0.1) is 0 Å². The molecule has 0 aromatic heterocycles. The minimum Gasteiger partial charge on any atom is -0.409 e. The van der Waals surface area contributed by atoms with E-state index in [9.17, 15) is 4.79 Å². The van der Waals surface area contributed by atoms with Crippen LogP contribution < -0.4 is 11.1 Å². The molecule has 96 valence electrons. The quantitative estimate of drug-likeness (QED) is 0.298. The SMILES string of the molecule is CC(NC(=O)C1(C(N)=NO)CC1)C1CCCC1. The second-order valence-corrected chi connectivity index (χ2v) is 5.37. The van der Waals surface area contributed by atoms with Crippen molar-refractivity contribution in [1.82, 2.24) is 5.32 Å². The van der Waals surface area contributed by atoms with E-state index < -0.39 is 5.41 Å². The average Bonchev–Trinajstić information content (AvgIpc) is 2.95. The standard InChI is InChI=1S/C12H21N3O2/c1-8(9-4-2-3-5-9)14-11(16)12(6-7-12)10(13)15-17/h8-9,17H,2-7H2,1H3,(H2,13,15)(H,14,16). The zero-order valence-electron chi connectivity index (χ0n) is 10.3. The molecule has 0 spiro atoms. The third kappa shape index (κ3) is 2.23. The van der Waals surface area contributed by atoms with Crippen molar-refractivity contribution in [2.24, 2.45) is 22.2 Å². The number of rotatable bonds is 4. The summed E-state index contributed by atoms with van der Waals surface area (Å²) in [5, 5.41) is 14.7. The Morgan fingerprint density at radius 1 is 1.47 bits per heavy atom. The lowest BCUT2D eigenvalue weighted by Gasteiger charge is -2.23. The van der Waals surface area contributed by atoms with Crippen LogP contribution in [0.25, 0.3) is 0 Å². The number of carbonyl (C=O) groups is 1. The number of amidine groups is 1. The summed E-state index contributed by atoms with van der Waals surface area (Å²) in [6, 6.07) is 0.189. The minimum atomic E-state index is -0.721. The van der Waals surface area contributed by atoms with E-state index in [-0.39, 0.29) is 17.8 Å². The highest BCUT2D eigenvalue weighted by molar-refractivity contribution is 6.09. The van der Waals surface area contributed by atoms with E-state index in [1.54, 1.807) is 0 Å². The predicted octanol–water partition coefficient (Wildman–Crippen LogP) is 1.21. The third-order valence-electron chi connectivity index (χ3n) is 4.25. The van der Waals surface area contributed by atoms with E-state index in [0.717, 1.165) is 0 Å². The number of oxime groups is 1. The number of nitrogens with zero attached hydrogens (tertiary/aromatic N) is 1. The van der Waals surface area contributed by atoms with Crippen LogP contribution in [-0.4, -0.2) is 23.0 Å². The molecule has 2 fully saturated rings. The maximum absolute atomic E-state index is 12.1. The van der Waals surface area contributed by atoms with Crippen molar-refractivity contribution in [2.75, 3.05) is 0 Å². The van der Waals surface area contributed by atoms with E-state index >= 15 is 0 Å². The van der Waals surface area contributed by atoms with Crippen LogP contribution in [0.4, 0.5) is 0 Å². The number of carbonyl (C=O) groups excluding carboxylic acids is 1. The number of nitrogens with two attached hydrogens (primary N) is 1. The van der Waals surface area contributed by atoms with Crippen LogP contribution in [-0.2, 0) is 4.79 Å². The van der Waals surface area contributed by atoms with Gasteiger partial charge in [0.15, 0.2) is 5.84 Å². The molecule has 0 saturated heterocycles. The fourth-order valence-corrected chi connectivity index (χ4v) is 2.74. The van der Waals surface area contributed by atoms with E-state index in [0.29, 0.717) is 18.8 Å². The Labute approximate surface area is 101 Å². The molecule has 1 amide bonds. The molecule has 0 aromatic carbocycles. The van der Waals surface area contributed by atoms with Gasteiger partial charge in [0.1, 0.15) is 5.41 Å². The van der Waals surface area contributed by atoms with E-state index in [4.69, 9.17) is 10.9 Å². The molecule has 0 aliphatic heterocycles. The average molecular weight is 239 g/mol. The van der Waals surface area contributed by atoms with Gasteiger partial charge in [-0.2, -0.15) is 0 Å². The van der Waals surface area contributed by atoms with Gasteiger partial charge in [-0.1, -0.05) is 18.0 Å². The summed E-state index contributed by atoms with van der Waals surface area (Å²) in [6.07, 6.45) is 6.28. The lowest BCUT2D eigenvalue weighted by atomic mass is 9.97. The second kappa shape index (κ2) is 4.55. The van der Waals surface area contributed by atoms with Crippen molar-refractivity contribution in [2.45, 2.75) is 51.5 Å². The summed E-state index contributed by atoms with van der Waals surface area (Å²) in [6.45, 7) is 2.05. The molecule has 1 unspecified atom stereocenters. The first-order valence-electron chi connectivity index (χ1n) is 6.39. The Kier molecular flexibility index (Phi) is 3.26. The first kappa shape index (κ1) is 12.2. The normalized spacial score (nSPS) is 25.6. The van der Waals surface area contributed by atoms with Gasteiger partial charge in [-0.25, -0.2) is 0 Å². The lowest BCUT2D eigenvalue weighted by Crippen LogP contribution is -2.46. The molecule has 0 radical (unpaired) electrons. The van der Waals surface area contributed by atoms with Crippen molar-refractivity contribution in [3.8, 4) is 0 Å². The van der Waals surface area contributed by atoms with Crippen molar-refractivity contribution in [3.63, 3.8) is 0 Å². The summed E-state index contributed by atoms with van der Waals surface area (Å²) < 4.78 is 0. The van der Waals surface area contributed by atoms with Crippen molar-refractivity contribution in [1.29, 1.82) is 0 Å². The summed E-state index contributed by atoms with van der Waals surface area (Å²) in [5.74, 6) is 0.558. The van der Waals surface area contributed by atoms with Crippen molar-refractivity contribution < 1.29 is 10.0 Å². The molecule has 0 aromatic rings. The van der Waals surface area contributed by atoms with E-state index in [2.05, 4.69) is 17.4 Å². The fourth-order valence-electron chi connectivity index (χ4n) is 2.74. The molecule has 2 aliphatic rings. The van der Waals surface area contributed by atoms with Gasteiger partial charge in [0, 0.05) is 6.04 Å². The predicted molar refractivity (Wildman–Crippen MR) is 64.6 cm³/mol. The molecule has 4 N–H and O–H groups in total. The maximum Gasteiger partial charge on any atom is 0.234 e. The smallest absolute Gasteiger partial charge is 0.234 e. The Bertz CT molecular complexity index is 331. The van der Waals surface area contributed by atoms with Crippen LogP contribution >= 0.6 is 0 Å². The molecule has 0 bridgehead atoms. The van der Waals surface area contributed by atoms with Gasteiger partial charge in [0.2, 0.25) is 5.91 Å². The first-order valence-corrected chi connectivity index (χ1v) is 6.39. The zero-order valence-corrected chi connectivity index (χ0v) is 10.3. The Morgan fingerprint density at radius 2 is 2.06 bits per heavy atom. The van der Waals surface area contributed by atoms with Gasteiger partial charge in [-0.15, -0.1) is 0 Å². The summed E-state index contributed by atoms with van der Waals surface area (Å²) >= 11 is 0. The number of amides is 1. The van der Waals surface area contributed by atoms with Gasteiger partial charge in [-0.3, -0.25) is 4.79 Å². The Hall–Kier alpha value is -1.26. The maximum atomic E-state index is 12.1. The number of nitrogens with one attached hydrogen (secondary N) is 1. The molecule has 17 heavy (non-hydrogen) atoms. The number of hydrogen-bond acceptors (Lipinski definition) is 3. The molecule has 5 heteroatoms. The van der Waals surface area contributed by atoms with Crippen LogP contribution in [0.2, 0.25) is 0 Å². The van der Waals surface area contributed by atoms with Crippen LogP contribution in [0.5, 0.6) is 0 Å². The Balaban J connectivity index is 1.93. The van der Waals surface area contributed by atoms with Crippen LogP contribution in [0, 0.1) is 11.3 Å². The number of hydrogen-bond donors (Lipinski definition) is 3. The monoisotopic (exact) mass is 239 g/mol. The molecular weight excluding hydrogens is 218 g/mol. The highest BCUT2D eigenvalue weighted by Crippen LogP contribution is 2.46. The van der Waals surface area contributed by atoms with Gasteiger partial charge in [-0.05, 0) is 38.5 Å². The van der Waals surface area contributed by atoms with Crippen LogP contribution in [0.3, 0.4) is 0 Å². The van der Waals surface area contributed by atoms with E-state index in [1.807, 2.05) is 0 Å². The lowest BCUT2D eigenvalue weighted by molar-refractivity contribution is -0.125. The largest absolute Gasteiger partial charge is 0.409 e. The molecular formula is C12H21N3O2. The minimum absolute atomic E-state index is 0.0496. The molecule has 1 atom stereocenters. The van der Waals surface area contributed by atoms with Gasteiger partial charge >= 0.3 is 0 Å². The summed E-state index contributed by atoms with van der Waals surface area (Å²) in [4.78, 5) is 12.1. The van der Waals surface area contributed by atoms with Crippen molar-refractivity contribution >= 4 is 11.7 Å². The highest BCUT2D eigenvalue weighted by atomic mass is 16.4. The second-order valence-electron chi connectivity index (χ2n) is 5.37. The van der Waals surface area contributed by atoms with Crippen LogP contribution in [0.15, 0.2) is 5.16 Å². The third-order valence-corrected chi connectivity index (χ3v) is 4.25. The molecule has 2 saturated carbocycles. The summed E-state index contributed by atoms with van der Waals surface area (Å²) in [5.41, 5.74) is 4.86. The zero-order chi connectivity index (χ0) is 12.5. The Morgan fingerprint density at radius 3 is 2.53 bits per heavy atom. The molecule has 2 rings (SSSR count). The fraction of sp³-hybridized carbons (Fsp3) is 0.833. The molecule has 2 aliphatic carbocycles.